The van der Waals surface area contributed by atoms with Crippen molar-refractivity contribution < 1.29 is 17.9 Å². The molecule has 10 heteroatoms. The first-order chi connectivity index (χ1) is 13.4. The molecule has 1 saturated heterocycles. The Kier molecular flexibility index (Phi) is 6.95. The summed E-state index contributed by atoms with van der Waals surface area (Å²) < 4.78 is 33.0. The first-order valence-corrected chi connectivity index (χ1v) is 11.1. The van der Waals surface area contributed by atoms with Gasteiger partial charge in [0.25, 0.3) is 0 Å². The third-order valence-corrected chi connectivity index (χ3v) is 7.19. The molecule has 0 bridgehead atoms. The van der Waals surface area contributed by atoms with Crippen LogP contribution in [0.5, 0.6) is 0 Å². The van der Waals surface area contributed by atoms with Gasteiger partial charge < -0.3 is 15.4 Å². The Morgan fingerprint density at radius 3 is 2.61 bits per heavy atom. The highest BCUT2D eigenvalue weighted by molar-refractivity contribution is 9.10. The van der Waals surface area contributed by atoms with E-state index in [1.54, 1.807) is 12.1 Å². The summed E-state index contributed by atoms with van der Waals surface area (Å²) in [6, 6.07) is 11.8. The molecule has 1 aliphatic heterocycles. The fraction of sp³-hybridized carbons (Fsp3) is 0.278. The summed E-state index contributed by atoms with van der Waals surface area (Å²) in [5.74, 6) is -0.264. The molecule has 0 atom stereocenters. The molecule has 150 valence electrons. The monoisotopic (exact) mass is 487 g/mol. The Hall–Kier alpha value is -1.65. The fourth-order valence-corrected chi connectivity index (χ4v) is 4.97. The summed E-state index contributed by atoms with van der Waals surface area (Å²) in [6.07, 6.45) is 0. The van der Waals surface area contributed by atoms with E-state index in [9.17, 15) is 13.2 Å². The molecule has 0 radical (unpaired) electrons. The van der Waals surface area contributed by atoms with E-state index in [0.29, 0.717) is 24.6 Å². The number of anilines is 2. The molecular weight excluding hydrogens is 470 g/mol. The molecule has 7 nitrogen and oxygen atoms in total. The Bertz CT molecular complexity index is 965. The maximum absolute atomic E-state index is 12.9. The molecule has 0 unspecified atom stereocenters. The minimum atomic E-state index is -3.73. The molecule has 1 aliphatic rings. The van der Waals surface area contributed by atoms with Crippen molar-refractivity contribution in [1.82, 2.24) is 4.31 Å². The SMILES string of the molecule is O=C(CNc1ccc(Cl)c(S(=O)(=O)N2CCOCC2)c1)Nc1ccccc1Br. The van der Waals surface area contributed by atoms with Crippen molar-refractivity contribution >= 4 is 54.8 Å². The Labute approximate surface area is 177 Å². The van der Waals surface area contributed by atoms with Crippen LogP contribution in [0.2, 0.25) is 5.02 Å². The van der Waals surface area contributed by atoms with Gasteiger partial charge in [0.05, 0.1) is 30.5 Å². The number of morpholine rings is 1. The van der Waals surface area contributed by atoms with Crippen molar-refractivity contribution in [2.24, 2.45) is 0 Å². The van der Waals surface area contributed by atoms with Crippen LogP contribution in [0.15, 0.2) is 51.8 Å². The lowest BCUT2D eigenvalue weighted by Gasteiger charge is -2.26. The second-order valence-corrected chi connectivity index (χ2v) is 9.21. The van der Waals surface area contributed by atoms with Gasteiger partial charge in [0.2, 0.25) is 15.9 Å². The van der Waals surface area contributed by atoms with Gasteiger partial charge >= 0.3 is 0 Å². The average molecular weight is 489 g/mol. The molecule has 1 amide bonds. The number of carbonyl (C=O) groups excluding carboxylic acids is 1. The first-order valence-electron chi connectivity index (χ1n) is 8.53. The largest absolute Gasteiger partial charge is 0.379 e. The number of benzene rings is 2. The normalized spacial score (nSPS) is 15.2. The summed E-state index contributed by atoms with van der Waals surface area (Å²) in [4.78, 5) is 12.2. The number of ether oxygens (including phenoxy) is 1. The van der Waals surface area contributed by atoms with Crippen molar-refractivity contribution in [3.63, 3.8) is 0 Å². The van der Waals surface area contributed by atoms with E-state index in [2.05, 4.69) is 26.6 Å². The lowest BCUT2D eigenvalue weighted by molar-refractivity contribution is -0.114. The standard InChI is InChI=1S/C18H19BrClN3O4S/c19-14-3-1-2-4-16(14)22-18(24)12-21-13-5-6-15(20)17(11-13)28(25,26)23-7-9-27-10-8-23/h1-6,11,21H,7-10,12H2,(H,22,24). The molecular formula is C18H19BrClN3O4S. The van der Waals surface area contributed by atoms with Crippen LogP contribution < -0.4 is 10.6 Å². The third kappa shape index (κ3) is 5.03. The summed E-state index contributed by atoms with van der Waals surface area (Å²) in [7, 11) is -3.73. The number of rotatable bonds is 6. The second-order valence-electron chi connectivity index (χ2n) is 6.04. The van der Waals surface area contributed by atoms with Crippen LogP contribution in [0.25, 0.3) is 0 Å². The molecule has 2 aromatic carbocycles. The van der Waals surface area contributed by atoms with Crippen LogP contribution in [0, 0.1) is 0 Å². The molecule has 1 fully saturated rings. The van der Waals surface area contributed by atoms with E-state index < -0.39 is 10.0 Å². The van der Waals surface area contributed by atoms with E-state index in [1.807, 2.05) is 18.2 Å². The number of hydrogen-bond donors (Lipinski definition) is 2. The fourth-order valence-electron chi connectivity index (χ4n) is 2.68. The molecule has 0 saturated carbocycles. The maximum Gasteiger partial charge on any atom is 0.244 e. The van der Waals surface area contributed by atoms with Gasteiger partial charge in [-0.1, -0.05) is 23.7 Å². The molecule has 2 N–H and O–H groups in total. The number of nitrogens with zero attached hydrogens (tertiary/aromatic N) is 1. The Morgan fingerprint density at radius 2 is 1.89 bits per heavy atom. The zero-order valence-electron chi connectivity index (χ0n) is 14.8. The highest BCUT2D eigenvalue weighted by Crippen LogP contribution is 2.28. The summed E-state index contributed by atoms with van der Waals surface area (Å²) in [6.45, 7) is 1.24. The van der Waals surface area contributed by atoms with Crippen LogP contribution in [-0.4, -0.2) is 51.5 Å². The number of hydrogen-bond acceptors (Lipinski definition) is 5. The number of carbonyl (C=O) groups is 1. The van der Waals surface area contributed by atoms with E-state index in [0.717, 1.165) is 4.47 Å². The van der Waals surface area contributed by atoms with Gasteiger partial charge in [0, 0.05) is 23.2 Å². The van der Waals surface area contributed by atoms with Crippen LogP contribution in [0.4, 0.5) is 11.4 Å². The van der Waals surface area contributed by atoms with E-state index >= 15 is 0 Å². The van der Waals surface area contributed by atoms with Crippen LogP contribution in [-0.2, 0) is 19.6 Å². The van der Waals surface area contributed by atoms with Gasteiger partial charge in [0.1, 0.15) is 4.90 Å². The predicted molar refractivity (Wildman–Crippen MR) is 112 cm³/mol. The topological polar surface area (TPSA) is 87.7 Å². The van der Waals surface area contributed by atoms with Crippen LogP contribution in [0.1, 0.15) is 0 Å². The maximum atomic E-state index is 12.9. The average Bonchev–Trinajstić information content (AvgIpc) is 2.69. The Morgan fingerprint density at radius 1 is 1.18 bits per heavy atom. The van der Waals surface area contributed by atoms with Crippen molar-refractivity contribution in [3.05, 3.63) is 52.0 Å². The summed E-state index contributed by atoms with van der Waals surface area (Å²) in [5, 5.41) is 5.84. The molecule has 0 aromatic heterocycles. The lowest BCUT2D eigenvalue weighted by atomic mass is 10.3. The number of halogens is 2. The van der Waals surface area contributed by atoms with Crippen LogP contribution in [0.3, 0.4) is 0 Å². The zero-order chi connectivity index (χ0) is 20.1. The Balaban J connectivity index is 1.69. The van der Waals surface area contributed by atoms with Crippen molar-refractivity contribution in [2.45, 2.75) is 4.90 Å². The molecule has 3 rings (SSSR count). The van der Waals surface area contributed by atoms with Gasteiger partial charge in [0.15, 0.2) is 0 Å². The van der Waals surface area contributed by atoms with E-state index in [4.69, 9.17) is 16.3 Å². The minimum Gasteiger partial charge on any atom is -0.379 e. The van der Waals surface area contributed by atoms with Gasteiger partial charge in [-0.2, -0.15) is 4.31 Å². The van der Waals surface area contributed by atoms with Crippen molar-refractivity contribution in [3.8, 4) is 0 Å². The van der Waals surface area contributed by atoms with Gasteiger partial charge in [-0.25, -0.2) is 8.42 Å². The highest BCUT2D eigenvalue weighted by Gasteiger charge is 2.28. The van der Waals surface area contributed by atoms with Gasteiger partial charge in [-0.15, -0.1) is 0 Å². The highest BCUT2D eigenvalue weighted by atomic mass is 79.9. The third-order valence-electron chi connectivity index (χ3n) is 4.12. The molecule has 0 spiro atoms. The number of para-hydroxylation sites is 1. The van der Waals surface area contributed by atoms with E-state index in [-0.39, 0.29) is 35.5 Å². The second kappa shape index (κ2) is 9.23. The van der Waals surface area contributed by atoms with Crippen LogP contribution >= 0.6 is 27.5 Å². The van der Waals surface area contributed by atoms with Gasteiger partial charge in [-0.05, 0) is 46.3 Å². The first kappa shape index (κ1) is 21.1. The van der Waals surface area contributed by atoms with Crippen molar-refractivity contribution in [2.75, 3.05) is 43.5 Å². The molecule has 1 heterocycles. The number of sulfonamides is 1. The molecule has 0 aliphatic carbocycles. The summed E-state index contributed by atoms with van der Waals surface area (Å²) >= 11 is 9.51. The van der Waals surface area contributed by atoms with Crippen molar-refractivity contribution in [1.29, 1.82) is 0 Å². The smallest absolute Gasteiger partial charge is 0.244 e. The molecule has 2 aromatic rings. The quantitative estimate of drug-likeness (QED) is 0.652. The zero-order valence-corrected chi connectivity index (χ0v) is 18.0. The summed E-state index contributed by atoms with van der Waals surface area (Å²) in [5.41, 5.74) is 1.14. The predicted octanol–water partition coefficient (Wildman–Crippen LogP) is 3.17. The molecule has 28 heavy (non-hydrogen) atoms. The minimum absolute atomic E-state index is 0.00674. The van der Waals surface area contributed by atoms with E-state index in [1.165, 1.54) is 16.4 Å². The number of nitrogens with one attached hydrogen (secondary N) is 2. The lowest BCUT2D eigenvalue weighted by Crippen LogP contribution is -2.40. The number of amides is 1. The van der Waals surface area contributed by atoms with Gasteiger partial charge in [-0.3, -0.25) is 4.79 Å².